The molecule has 2 heterocycles. The van der Waals surface area contributed by atoms with Gasteiger partial charge in [0.1, 0.15) is 12.2 Å². The maximum Gasteiger partial charge on any atom is 0.244 e. The number of carbonyl (C=O) groups is 2. The summed E-state index contributed by atoms with van der Waals surface area (Å²) >= 11 is 6.12. The number of benzene rings is 2. The van der Waals surface area contributed by atoms with Crippen molar-refractivity contribution in [2.45, 2.75) is 25.0 Å². The number of aliphatic hydroxyl groups is 1. The molecule has 9 N–H and O–H groups in total. The number of rotatable bonds is 6. The number of hydrazone groups is 1. The number of anilines is 3. The van der Waals surface area contributed by atoms with E-state index in [0.29, 0.717) is 39.0 Å². The van der Waals surface area contributed by atoms with Gasteiger partial charge in [-0.15, -0.1) is 0 Å². The fourth-order valence-electron chi connectivity index (χ4n) is 4.10. The molecule has 1 aliphatic heterocycles. The van der Waals surface area contributed by atoms with Gasteiger partial charge in [-0.2, -0.15) is 5.10 Å². The minimum Gasteiger partial charge on any atom is -0.392 e. The standard InChI is InChI=1S/C25H28ClN9O3/c1-29-16-4-5-18-19(9-16)32-24(38)11-17(36)10-20(25-30-12-21(18)34-25)33-23(37)7-2-14-8-15(26)3-6-22(14)35(28)13-31-27/h2-9,12-13,17,20,29,36H,10-11,27-28H2,1H3,(H,30,34)(H,32,38)(H,33,37)/b7-2+,31-13-/t17?,20-/m0/s1. The first kappa shape index (κ1) is 26.7. The number of carbonyl (C=O) groups excluding carboxylic acids is 2. The van der Waals surface area contributed by atoms with Crippen LogP contribution in [0, 0.1) is 0 Å². The highest BCUT2D eigenvalue weighted by molar-refractivity contribution is 6.30. The van der Waals surface area contributed by atoms with Crippen LogP contribution in [0.3, 0.4) is 0 Å². The van der Waals surface area contributed by atoms with E-state index in [4.69, 9.17) is 23.3 Å². The molecule has 2 atom stereocenters. The molecule has 4 rings (SSSR count). The third-order valence-electron chi connectivity index (χ3n) is 5.90. The number of nitrogens with two attached hydrogens (primary N) is 2. The Labute approximate surface area is 223 Å². The summed E-state index contributed by atoms with van der Waals surface area (Å²) in [5.74, 6) is 10.8. The largest absolute Gasteiger partial charge is 0.392 e. The zero-order valence-corrected chi connectivity index (χ0v) is 21.2. The lowest BCUT2D eigenvalue weighted by atomic mass is 10.1. The number of aromatic amines is 1. The van der Waals surface area contributed by atoms with Crippen LogP contribution in [-0.2, 0) is 9.59 Å². The number of hydrogen-bond donors (Lipinski definition) is 7. The molecule has 198 valence electrons. The number of imidazole rings is 1. The molecule has 3 aromatic rings. The van der Waals surface area contributed by atoms with Crippen LogP contribution in [0.1, 0.15) is 30.3 Å². The first-order valence-electron chi connectivity index (χ1n) is 11.7. The number of hydrogen-bond acceptors (Lipinski definition) is 8. The van der Waals surface area contributed by atoms with Gasteiger partial charge in [-0.05, 0) is 42.5 Å². The molecule has 0 saturated heterocycles. The lowest BCUT2D eigenvalue weighted by Crippen LogP contribution is -2.32. The van der Waals surface area contributed by atoms with Gasteiger partial charge < -0.3 is 31.9 Å². The summed E-state index contributed by atoms with van der Waals surface area (Å²) < 4.78 is 0. The molecule has 1 unspecified atom stereocenters. The third kappa shape index (κ3) is 6.29. The van der Waals surface area contributed by atoms with Gasteiger partial charge in [-0.25, -0.2) is 10.8 Å². The molecule has 0 radical (unpaired) electrons. The fourth-order valence-corrected chi connectivity index (χ4v) is 4.28. The van der Waals surface area contributed by atoms with E-state index in [9.17, 15) is 14.7 Å². The van der Waals surface area contributed by atoms with Crippen molar-refractivity contribution >= 4 is 52.9 Å². The monoisotopic (exact) mass is 537 g/mol. The van der Waals surface area contributed by atoms with Crippen molar-refractivity contribution in [3.8, 4) is 11.3 Å². The SMILES string of the molecule is CNc1ccc2c(c1)NC(=O)CC(O)C[C@H](NC(=O)/C=C/c1cc(Cl)ccc1N(N)/C=N\N)c1nc-2c[nH]1. The normalized spacial score (nSPS) is 17.5. The highest BCUT2D eigenvalue weighted by Gasteiger charge is 2.25. The van der Waals surface area contributed by atoms with Crippen molar-refractivity contribution < 1.29 is 14.7 Å². The molecule has 13 heteroatoms. The Morgan fingerprint density at radius 1 is 1.32 bits per heavy atom. The van der Waals surface area contributed by atoms with E-state index in [2.05, 4.69) is 31.0 Å². The van der Waals surface area contributed by atoms with Gasteiger partial charge in [0.15, 0.2) is 0 Å². The van der Waals surface area contributed by atoms with Gasteiger partial charge in [0.2, 0.25) is 11.8 Å². The van der Waals surface area contributed by atoms with Crippen molar-refractivity contribution in [3.63, 3.8) is 0 Å². The number of aromatic nitrogens is 2. The van der Waals surface area contributed by atoms with E-state index in [-0.39, 0.29) is 18.7 Å². The van der Waals surface area contributed by atoms with Gasteiger partial charge in [0.05, 0.1) is 35.6 Å². The fraction of sp³-hybridized carbons (Fsp3) is 0.200. The summed E-state index contributed by atoms with van der Waals surface area (Å²) in [6, 6.07) is 9.74. The van der Waals surface area contributed by atoms with Gasteiger partial charge >= 0.3 is 0 Å². The van der Waals surface area contributed by atoms with Crippen LogP contribution in [-0.4, -0.2) is 46.4 Å². The van der Waals surface area contributed by atoms with Crippen LogP contribution in [0.4, 0.5) is 17.1 Å². The summed E-state index contributed by atoms with van der Waals surface area (Å²) in [6.07, 6.45) is 4.63. The average molecular weight is 538 g/mol. The quantitative estimate of drug-likeness (QED) is 0.0819. The zero-order valence-electron chi connectivity index (χ0n) is 20.5. The zero-order chi connectivity index (χ0) is 27.2. The second-order valence-corrected chi connectivity index (χ2v) is 9.03. The summed E-state index contributed by atoms with van der Waals surface area (Å²) in [4.78, 5) is 33.3. The van der Waals surface area contributed by atoms with Crippen molar-refractivity contribution in [3.05, 3.63) is 65.1 Å². The molecule has 2 aromatic carbocycles. The molecule has 1 aromatic heterocycles. The summed E-state index contributed by atoms with van der Waals surface area (Å²) in [6.45, 7) is 0. The van der Waals surface area contributed by atoms with Crippen molar-refractivity contribution in [2.75, 3.05) is 22.7 Å². The molecule has 0 fully saturated rings. The molecular formula is C25H28ClN9O3. The molecule has 2 amide bonds. The van der Waals surface area contributed by atoms with Crippen LogP contribution < -0.4 is 32.6 Å². The van der Waals surface area contributed by atoms with Crippen molar-refractivity contribution in [2.24, 2.45) is 16.8 Å². The highest BCUT2D eigenvalue weighted by atomic mass is 35.5. The maximum atomic E-state index is 12.9. The van der Waals surface area contributed by atoms with Gasteiger partial charge in [-0.3, -0.25) is 14.6 Å². The minimum atomic E-state index is -1.03. The molecule has 12 nitrogen and oxygen atoms in total. The van der Waals surface area contributed by atoms with E-state index in [1.54, 1.807) is 43.6 Å². The van der Waals surface area contributed by atoms with Gasteiger partial charge in [0, 0.05) is 47.6 Å². The smallest absolute Gasteiger partial charge is 0.244 e. The molecule has 0 saturated carbocycles. The Kier molecular flexibility index (Phi) is 8.26. The maximum absolute atomic E-state index is 12.9. The number of amides is 2. The molecule has 0 aliphatic carbocycles. The number of H-pyrrole nitrogens is 1. The van der Waals surface area contributed by atoms with Gasteiger partial charge in [-0.1, -0.05) is 11.6 Å². The first-order chi connectivity index (χ1) is 18.3. The van der Waals surface area contributed by atoms with Crippen LogP contribution in [0.25, 0.3) is 17.3 Å². The van der Waals surface area contributed by atoms with E-state index in [1.165, 1.54) is 17.4 Å². The summed E-state index contributed by atoms with van der Waals surface area (Å²) in [5.41, 5.74) is 3.71. The van der Waals surface area contributed by atoms with Crippen LogP contribution in [0.5, 0.6) is 0 Å². The third-order valence-corrected chi connectivity index (χ3v) is 6.14. The summed E-state index contributed by atoms with van der Waals surface area (Å²) in [5, 5.41) is 24.4. The highest BCUT2D eigenvalue weighted by Crippen LogP contribution is 2.32. The number of aliphatic hydroxyl groups excluding tert-OH is 1. The Bertz CT molecular complexity index is 1390. The number of fused-ring (bicyclic) bond motifs is 4. The molecular weight excluding hydrogens is 510 g/mol. The summed E-state index contributed by atoms with van der Waals surface area (Å²) in [7, 11) is 1.78. The Morgan fingerprint density at radius 3 is 2.89 bits per heavy atom. The Hall–Kier alpha value is -4.39. The van der Waals surface area contributed by atoms with Crippen molar-refractivity contribution in [1.82, 2.24) is 15.3 Å². The van der Waals surface area contributed by atoms with Gasteiger partial charge in [0.25, 0.3) is 0 Å². The van der Waals surface area contributed by atoms with E-state index in [0.717, 1.165) is 5.69 Å². The molecule has 0 spiro atoms. The second-order valence-electron chi connectivity index (χ2n) is 8.59. The predicted octanol–water partition coefficient (Wildman–Crippen LogP) is 2.32. The predicted molar refractivity (Wildman–Crippen MR) is 148 cm³/mol. The average Bonchev–Trinajstić information content (AvgIpc) is 3.36. The number of nitrogens with zero attached hydrogens (tertiary/aromatic N) is 3. The minimum absolute atomic E-state index is 0.0595. The molecule has 38 heavy (non-hydrogen) atoms. The van der Waals surface area contributed by atoms with E-state index < -0.39 is 18.1 Å². The molecule has 1 aliphatic rings. The number of halogens is 1. The van der Waals surface area contributed by atoms with E-state index >= 15 is 0 Å². The number of nitrogens with one attached hydrogen (secondary N) is 4. The van der Waals surface area contributed by atoms with E-state index in [1.807, 2.05) is 12.1 Å². The Balaban J connectivity index is 1.60. The lowest BCUT2D eigenvalue weighted by Gasteiger charge is -2.19. The topological polar surface area (TPSA) is 187 Å². The molecule has 2 bridgehead atoms. The number of hydrazine groups is 1. The van der Waals surface area contributed by atoms with Crippen LogP contribution in [0.15, 0.2) is 53.8 Å². The Morgan fingerprint density at radius 2 is 2.13 bits per heavy atom. The van der Waals surface area contributed by atoms with Crippen molar-refractivity contribution in [1.29, 1.82) is 0 Å². The van der Waals surface area contributed by atoms with Crippen LogP contribution >= 0.6 is 11.6 Å². The van der Waals surface area contributed by atoms with Crippen LogP contribution in [0.2, 0.25) is 5.02 Å². The first-order valence-corrected chi connectivity index (χ1v) is 12.1. The second kappa shape index (κ2) is 11.8. The lowest BCUT2D eigenvalue weighted by molar-refractivity contribution is -0.118.